The van der Waals surface area contributed by atoms with Crippen LogP contribution in [0.4, 0.5) is 5.69 Å². The number of rotatable bonds is 7. The second kappa shape index (κ2) is 7.01. The van der Waals surface area contributed by atoms with Crippen molar-refractivity contribution in [2.24, 2.45) is 5.73 Å². The fourth-order valence-electron chi connectivity index (χ4n) is 1.95. The van der Waals surface area contributed by atoms with Crippen LogP contribution in [0.1, 0.15) is 38.4 Å². The summed E-state index contributed by atoms with van der Waals surface area (Å²) in [4.78, 5) is 13.1. The van der Waals surface area contributed by atoms with Crippen LogP contribution in [0, 0.1) is 0 Å². The molecular formula is C14H22N2O2. The van der Waals surface area contributed by atoms with E-state index in [0.717, 1.165) is 30.6 Å². The Balaban J connectivity index is 2.99. The third kappa shape index (κ3) is 4.04. The lowest BCUT2D eigenvalue weighted by Gasteiger charge is -2.26. The monoisotopic (exact) mass is 250 g/mol. The third-order valence-electron chi connectivity index (χ3n) is 2.86. The van der Waals surface area contributed by atoms with E-state index in [1.165, 1.54) is 0 Å². The molecule has 100 valence electrons. The van der Waals surface area contributed by atoms with E-state index in [-0.39, 0.29) is 12.5 Å². The quantitative estimate of drug-likeness (QED) is 0.776. The molecule has 4 heteroatoms. The van der Waals surface area contributed by atoms with Crippen molar-refractivity contribution in [3.8, 4) is 0 Å². The van der Waals surface area contributed by atoms with Gasteiger partial charge in [-0.2, -0.15) is 0 Å². The summed E-state index contributed by atoms with van der Waals surface area (Å²) in [7, 11) is 0. The van der Waals surface area contributed by atoms with Gasteiger partial charge in [0.2, 0.25) is 5.91 Å². The van der Waals surface area contributed by atoms with Crippen LogP contribution in [-0.2, 0) is 4.79 Å². The SMILES string of the molecule is CCCCN(CC(N)=O)c1ccccc1[C@@H](C)O. The molecule has 0 aliphatic heterocycles. The van der Waals surface area contributed by atoms with Gasteiger partial charge in [-0.3, -0.25) is 4.79 Å². The predicted molar refractivity (Wildman–Crippen MR) is 73.4 cm³/mol. The number of hydrogen-bond donors (Lipinski definition) is 2. The highest BCUT2D eigenvalue weighted by atomic mass is 16.3. The molecule has 0 bridgehead atoms. The summed E-state index contributed by atoms with van der Waals surface area (Å²) in [6.07, 6.45) is 1.48. The molecule has 1 aromatic carbocycles. The molecule has 0 aliphatic carbocycles. The van der Waals surface area contributed by atoms with Crippen molar-refractivity contribution < 1.29 is 9.90 Å². The minimum absolute atomic E-state index is 0.184. The molecule has 0 spiro atoms. The number of nitrogens with zero attached hydrogens (tertiary/aromatic N) is 1. The Kier molecular flexibility index (Phi) is 5.65. The van der Waals surface area contributed by atoms with E-state index < -0.39 is 6.10 Å². The number of hydrogen-bond acceptors (Lipinski definition) is 3. The minimum atomic E-state index is -0.557. The van der Waals surface area contributed by atoms with E-state index in [4.69, 9.17) is 5.73 Å². The van der Waals surface area contributed by atoms with Gasteiger partial charge in [0.1, 0.15) is 0 Å². The molecule has 1 aromatic rings. The van der Waals surface area contributed by atoms with Crippen LogP contribution in [0.25, 0.3) is 0 Å². The van der Waals surface area contributed by atoms with E-state index in [0.29, 0.717) is 0 Å². The van der Waals surface area contributed by atoms with Gasteiger partial charge < -0.3 is 15.7 Å². The Bertz CT molecular complexity index is 391. The summed E-state index contributed by atoms with van der Waals surface area (Å²) in [5, 5.41) is 9.77. The van der Waals surface area contributed by atoms with E-state index in [1.54, 1.807) is 6.92 Å². The first kappa shape index (κ1) is 14.5. The molecule has 1 atom stereocenters. The van der Waals surface area contributed by atoms with Gasteiger partial charge in [0.25, 0.3) is 0 Å². The number of nitrogens with two attached hydrogens (primary N) is 1. The Morgan fingerprint density at radius 3 is 2.67 bits per heavy atom. The summed E-state index contributed by atoms with van der Waals surface area (Å²) in [6, 6.07) is 7.58. The standard InChI is InChI=1S/C14H22N2O2/c1-3-4-9-16(10-14(15)18)13-8-6-5-7-12(13)11(2)17/h5-8,11,17H,3-4,9-10H2,1-2H3,(H2,15,18)/t11-/m1/s1. The highest BCUT2D eigenvalue weighted by molar-refractivity contribution is 5.80. The molecule has 0 saturated carbocycles. The van der Waals surface area contributed by atoms with Crippen LogP contribution in [0.2, 0.25) is 0 Å². The second-order valence-corrected chi connectivity index (χ2v) is 4.48. The van der Waals surface area contributed by atoms with Crippen LogP contribution in [0.5, 0.6) is 0 Å². The van der Waals surface area contributed by atoms with Gasteiger partial charge in [-0.25, -0.2) is 0 Å². The predicted octanol–water partition coefficient (Wildman–Crippen LogP) is 1.83. The molecule has 3 N–H and O–H groups in total. The average Bonchev–Trinajstić information content (AvgIpc) is 2.34. The molecule has 0 radical (unpaired) electrons. The number of carbonyl (C=O) groups excluding carboxylic acids is 1. The molecule has 0 heterocycles. The zero-order valence-corrected chi connectivity index (χ0v) is 11.1. The summed E-state index contributed by atoms with van der Waals surface area (Å²) in [5.41, 5.74) is 7.00. The highest BCUT2D eigenvalue weighted by Gasteiger charge is 2.15. The number of aliphatic hydroxyl groups is 1. The average molecular weight is 250 g/mol. The Labute approximate surface area is 108 Å². The van der Waals surface area contributed by atoms with Crippen molar-refractivity contribution in [1.29, 1.82) is 0 Å². The molecule has 0 saturated heterocycles. The van der Waals surface area contributed by atoms with Crippen molar-refractivity contribution in [2.45, 2.75) is 32.8 Å². The number of para-hydroxylation sites is 1. The van der Waals surface area contributed by atoms with Gasteiger partial charge in [0.05, 0.1) is 12.6 Å². The molecule has 18 heavy (non-hydrogen) atoms. The molecule has 0 aromatic heterocycles. The Morgan fingerprint density at radius 2 is 2.11 bits per heavy atom. The topological polar surface area (TPSA) is 66.6 Å². The zero-order valence-electron chi connectivity index (χ0n) is 11.1. The van der Waals surface area contributed by atoms with E-state index >= 15 is 0 Å². The van der Waals surface area contributed by atoms with Gasteiger partial charge in [0.15, 0.2) is 0 Å². The molecule has 0 unspecified atom stereocenters. The maximum Gasteiger partial charge on any atom is 0.236 e. The van der Waals surface area contributed by atoms with Gasteiger partial charge >= 0.3 is 0 Å². The number of amides is 1. The van der Waals surface area contributed by atoms with Crippen LogP contribution < -0.4 is 10.6 Å². The van der Waals surface area contributed by atoms with E-state index in [1.807, 2.05) is 29.2 Å². The molecule has 0 aliphatic rings. The highest BCUT2D eigenvalue weighted by Crippen LogP contribution is 2.26. The van der Waals surface area contributed by atoms with Crippen molar-refractivity contribution in [3.63, 3.8) is 0 Å². The minimum Gasteiger partial charge on any atom is -0.389 e. The smallest absolute Gasteiger partial charge is 0.236 e. The van der Waals surface area contributed by atoms with Crippen LogP contribution >= 0.6 is 0 Å². The molecule has 1 rings (SSSR count). The van der Waals surface area contributed by atoms with Crippen molar-refractivity contribution >= 4 is 11.6 Å². The normalized spacial score (nSPS) is 12.2. The summed E-state index contributed by atoms with van der Waals surface area (Å²) >= 11 is 0. The maximum atomic E-state index is 11.1. The molecular weight excluding hydrogens is 228 g/mol. The number of aliphatic hydroxyl groups excluding tert-OH is 1. The summed E-state index contributed by atoms with van der Waals surface area (Å²) < 4.78 is 0. The zero-order chi connectivity index (χ0) is 13.5. The number of primary amides is 1. The molecule has 1 amide bonds. The first-order valence-electron chi connectivity index (χ1n) is 6.36. The van der Waals surface area contributed by atoms with Gasteiger partial charge in [0, 0.05) is 17.8 Å². The third-order valence-corrected chi connectivity index (χ3v) is 2.86. The largest absolute Gasteiger partial charge is 0.389 e. The summed E-state index contributed by atoms with van der Waals surface area (Å²) in [5.74, 6) is -0.355. The van der Waals surface area contributed by atoms with Crippen LogP contribution in [-0.4, -0.2) is 24.1 Å². The van der Waals surface area contributed by atoms with Gasteiger partial charge in [-0.05, 0) is 19.4 Å². The lowest BCUT2D eigenvalue weighted by molar-refractivity contribution is -0.116. The second-order valence-electron chi connectivity index (χ2n) is 4.48. The van der Waals surface area contributed by atoms with Crippen molar-refractivity contribution in [1.82, 2.24) is 0 Å². The van der Waals surface area contributed by atoms with Gasteiger partial charge in [-0.1, -0.05) is 31.5 Å². The van der Waals surface area contributed by atoms with E-state index in [9.17, 15) is 9.90 Å². The number of carbonyl (C=O) groups is 1. The fourth-order valence-corrected chi connectivity index (χ4v) is 1.95. The van der Waals surface area contributed by atoms with E-state index in [2.05, 4.69) is 6.92 Å². The number of benzene rings is 1. The molecule has 4 nitrogen and oxygen atoms in total. The van der Waals surface area contributed by atoms with Crippen molar-refractivity contribution in [2.75, 3.05) is 18.0 Å². The first-order valence-corrected chi connectivity index (χ1v) is 6.36. The molecule has 0 fully saturated rings. The van der Waals surface area contributed by atoms with Gasteiger partial charge in [-0.15, -0.1) is 0 Å². The summed E-state index contributed by atoms with van der Waals surface area (Å²) in [6.45, 7) is 4.77. The lowest BCUT2D eigenvalue weighted by Crippen LogP contribution is -2.35. The number of anilines is 1. The maximum absolute atomic E-state index is 11.1. The van der Waals surface area contributed by atoms with Crippen LogP contribution in [0.3, 0.4) is 0 Å². The Hall–Kier alpha value is -1.55. The lowest BCUT2D eigenvalue weighted by atomic mass is 10.1. The Morgan fingerprint density at radius 1 is 1.44 bits per heavy atom. The first-order chi connectivity index (χ1) is 8.56. The van der Waals surface area contributed by atoms with Crippen molar-refractivity contribution in [3.05, 3.63) is 29.8 Å². The fraction of sp³-hybridized carbons (Fsp3) is 0.500. The number of unbranched alkanes of at least 4 members (excludes halogenated alkanes) is 1. The van der Waals surface area contributed by atoms with Crippen LogP contribution in [0.15, 0.2) is 24.3 Å².